The first-order chi connectivity index (χ1) is 6.38. The van der Waals surface area contributed by atoms with Gasteiger partial charge in [0.05, 0.1) is 0 Å². The largest absolute Gasteiger partial charge is 0.290 e. The van der Waals surface area contributed by atoms with Crippen LogP contribution in [0.5, 0.6) is 0 Å². The Labute approximate surface area is 85.8 Å². The van der Waals surface area contributed by atoms with E-state index in [1.807, 2.05) is 25.1 Å². The van der Waals surface area contributed by atoms with Gasteiger partial charge in [0.2, 0.25) is 0 Å². The Morgan fingerprint density at radius 1 is 1.21 bits per heavy atom. The van der Waals surface area contributed by atoms with Crippen molar-refractivity contribution in [2.24, 2.45) is 5.41 Å². The van der Waals surface area contributed by atoms with Crippen LogP contribution in [0, 0.1) is 12.3 Å². The Balaban J connectivity index is 3.08. The number of hydrogen-bond acceptors (Lipinski definition) is 1. The van der Waals surface area contributed by atoms with Crippen LogP contribution < -0.4 is 5.43 Å². The molecule has 0 aliphatic heterocycles. The van der Waals surface area contributed by atoms with E-state index in [9.17, 15) is 4.79 Å². The Bertz CT molecular complexity index is 372. The topological polar surface area (TPSA) is 17.1 Å². The highest BCUT2D eigenvalue weighted by molar-refractivity contribution is 5.20. The zero-order valence-electron chi connectivity index (χ0n) is 9.42. The van der Waals surface area contributed by atoms with Crippen LogP contribution >= 0.6 is 0 Å². The molecule has 0 saturated heterocycles. The van der Waals surface area contributed by atoms with E-state index in [0.29, 0.717) is 0 Å². The van der Waals surface area contributed by atoms with Crippen LogP contribution in [-0.4, -0.2) is 0 Å². The molecule has 0 bridgehead atoms. The zero-order chi connectivity index (χ0) is 10.8. The first-order valence-corrected chi connectivity index (χ1v) is 4.98. The summed E-state index contributed by atoms with van der Waals surface area (Å²) in [4.78, 5) is 11.5. The summed E-state index contributed by atoms with van der Waals surface area (Å²) < 4.78 is 0. The third-order valence-electron chi connectivity index (χ3n) is 2.10. The van der Waals surface area contributed by atoms with Crippen molar-refractivity contribution in [2.45, 2.75) is 34.1 Å². The molecule has 1 rings (SSSR count). The predicted molar refractivity (Wildman–Crippen MR) is 60.6 cm³/mol. The van der Waals surface area contributed by atoms with Gasteiger partial charge in [-0.1, -0.05) is 39.0 Å². The number of aryl methyl sites for hydroxylation is 1. The lowest BCUT2D eigenvalue weighted by Gasteiger charge is -2.16. The van der Waals surface area contributed by atoms with Crippen molar-refractivity contribution in [3.63, 3.8) is 0 Å². The lowest BCUT2D eigenvalue weighted by molar-refractivity contribution is 0.411. The van der Waals surface area contributed by atoms with Crippen LogP contribution in [-0.2, 0) is 6.42 Å². The monoisotopic (exact) mass is 190 g/mol. The van der Waals surface area contributed by atoms with Crippen LogP contribution in [0.15, 0.2) is 29.1 Å². The van der Waals surface area contributed by atoms with Crippen LogP contribution in [0.3, 0.4) is 0 Å². The van der Waals surface area contributed by atoms with Crippen molar-refractivity contribution >= 4 is 0 Å². The Hall–Kier alpha value is -1.11. The molecule has 1 nitrogen and oxygen atoms in total. The average Bonchev–Trinajstić information content (AvgIpc) is 2.12. The van der Waals surface area contributed by atoms with Gasteiger partial charge in [0.25, 0.3) is 0 Å². The minimum absolute atomic E-state index is 0.134. The van der Waals surface area contributed by atoms with Crippen LogP contribution in [0.1, 0.15) is 31.9 Å². The van der Waals surface area contributed by atoms with Gasteiger partial charge in [-0.15, -0.1) is 0 Å². The van der Waals surface area contributed by atoms with Gasteiger partial charge in [0.15, 0.2) is 5.43 Å². The molecule has 1 aromatic rings. The van der Waals surface area contributed by atoms with E-state index in [2.05, 4.69) is 20.8 Å². The van der Waals surface area contributed by atoms with E-state index in [-0.39, 0.29) is 10.8 Å². The van der Waals surface area contributed by atoms with E-state index in [1.54, 1.807) is 6.07 Å². The van der Waals surface area contributed by atoms with Crippen LogP contribution in [0.2, 0.25) is 0 Å². The summed E-state index contributed by atoms with van der Waals surface area (Å²) in [5, 5.41) is 0. The molecule has 0 heterocycles. The highest BCUT2D eigenvalue weighted by Crippen LogP contribution is 2.19. The first kappa shape index (κ1) is 11.0. The molecule has 0 aliphatic carbocycles. The predicted octanol–water partition coefficient (Wildman–Crippen LogP) is 2.94. The standard InChI is InChI=1S/C13H18O/c1-10-6-5-7-11(8-12(10)14)9-13(2,3)4/h5-8H,9H2,1-4H3. The van der Waals surface area contributed by atoms with E-state index in [0.717, 1.165) is 17.5 Å². The van der Waals surface area contributed by atoms with Gasteiger partial charge in [0.1, 0.15) is 0 Å². The molecule has 0 N–H and O–H groups in total. The van der Waals surface area contributed by atoms with E-state index in [4.69, 9.17) is 0 Å². The van der Waals surface area contributed by atoms with Crippen molar-refractivity contribution < 1.29 is 0 Å². The van der Waals surface area contributed by atoms with Crippen molar-refractivity contribution in [1.29, 1.82) is 0 Å². The number of hydrogen-bond donors (Lipinski definition) is 0. The second-order valence-corrected chi connectivity index (χ2v) is 5.03. The van der Waals surface area contributed by atoms with Gasteiger partial charge >= 0.3 is 0 Å². The molecule has 0 amide bonds. The fourth-order valence-electron chi connectivity index (χ4n) is 1.45. The van der Waals surface area contributed by atoms with Gasteiger partial charge in [0, 0.05) is 0 Å². The first-order valence-electron chi connectivity index (χ1n) is 4.98. The van der Waals surface area contributed by atoms with Gasteiger partial charge in [-0.2, -0.15) is 0 Å². The molecule has 14 heavy (non-hydrogen) atoms. The molecule has 0 aromatic heterocycles. The van der Waals surface area contributed by atoms with Crippen molar-refractivity contribution in [3.8, 4) is 0 Å². The Morgan fingerprint density at radius 3 is 2.43 bits per heavy atom. The Morgan fingerprint density at radius 2 is 1.86 bits per heavy atom. The second-order valence-electron chi connectivity index (χ2n) is 5.03. The highest BCUT2D eigenvalue weighted by atomic mass is 16.1. The molecule has 0 spiro atoms. The lowest BCUT2D eigenvalue weighted by Crippen LogP contribution is -2.10. The quantitative estimate of drug-likeness (QED) is 0.665. The van der Waals surface area contributed by atoms with Gasteiger partial charge in [-0.25, -0.2) is 0 Å². The number of rotatable bonds is 1. The normalized spacial score (nSPS) is 11.4. The minimum atomic E-state index is 0.134. The fraction of sp³-hybridized carbons (Fsp3) is 0.462. The van der Waals surface area contributed by atoms with Crippen molar-refractivity contribution in [2.75, 3.05) is 0 Å². The molecular formula is C13H18O. The van der Waals surface area contributed by atoms with Gasteiger partial charge in [-0.05, 0) is 36.0 Å². The molecule has 76 valence electrons. The molecule has 1 aromatic carbocycles. The lowest BCUT2D eigenvalue weighted by atomic mass is 9.89. The van der Waals surface area contributed by atoms with Gasteiger partial charge < -0.3 is 0 Å². The molecule has 0 unspecified atom stereocenters. The molecule has 0 atom stereocenters. The summed E-state index contributed by atoms with van der Waals surface area (Å²) in [7, 11) is 0. The second kappa shape index (κ2) is 3.95. The molecule has 0 radical (unpaired) electrons. The Kier molecular flexibility index (Phi) is 3.10. The molecule has 1 heteroatoms. The summed E-state index contributed by atoms with van der Waals surface area (Å²) in [6, 6.07) is 7.60. The maximum atomic E-state index is 11.5. The summed E-state index contributed by atoms with van der Waals surface area (Å²) >= 11 is 0. The molecule has 0 fully saturated rings. The summed E-state index contributed by atoms with van der Waals surface area (Å²) in [6.07, 6.45) is 0.941. The third kappa shape index (κ3) is 3.33. The van der Waals surface area contributed by atoms with Crippen LogP contribution in [0.25, 0.3) is 0 Å². The zero-order valence-corrected chi connectivity index (χ0v) is 9.42. The minimum Gasteiger partial charge on any atom is -0.290 e. The van der Waals surface area contributed by atoms with Gasteiger partial charge in [-0.3, -0.25) is 4.79 Å². The molecule has 0 saturated carbocycles. The van der Waals surface area contributed by atoms with Crippen LogP contribution in [0.4, 0.5) is 0 Å². The maximum absolute atomic E-state index is 11.5. The summed E-state index contributed by atoms with van der Waals surface area (Å²) in [6.45, 7) is 8.38. The molecular weight excluding hydrogens is 172 g/mol. The van der Waals surface area contributed by atoms with E-state index >= 15 is 0 Å². The highest BCUT2D eigenvalue weighted by Gasteiger charge is 2.10. The fourth-order valence-corrected chi connectivity index (χ4v) is 1.45. The van der Waals surface area contributed by atoms with E-state index in [1.165, 1.54) is 0 Å². The third-order valence-corrected chi connectivity index (χ3v) is 2.10. The summed E-state index contributed by atoms with van der Waals surface area (Å²) in [5.41, 5.74) is 2.30. The smallest absolute Gasteiger partial charge is 0.181 e. The van der Waals surface area contributed by atoms with E-state index < -0.39 is 0 Å². The molecule has 0 aliphatic rings. The summed E-state index contributed by atoms with van der Waals surface area (Å²) in [5.74, 6) is 0. The van der Waals surface area contributed by atoms with Crippen molar-refractivity contribution in [1.82, 2.24) is 0 Å². The maximum Gasteiger partial charge on any atom is 0.181 e. The average molecular weight is 190 g/mol. The van der Waals surface area contributed by atoms with Crippen molar-refractivity contribution in [3.05, 3.63) is 45.6 Å². The SMILES string of the molecule is Cc1cccc(CC(C)(C)C)cc1=O.